The zero-order chi connectivity index (χ0) is 7.56. The topological polar surface area (TPSA) is 29.5 Å². The van der Waals surface area contributed by atoms with Crippen molar-refractivity contribution in [2.45, 2.75) is 6.92 Å². The maximum atomic E-state index is 9.15. The highest BCUT2D eigenvalue weighted by molar-refractivity contribution is 7.10. The second-order valence-electron chi connectivity index (χ2n) is 2.04. The number of aryl methyl sites for hydroxylation is 1. The molecule has 1 unspecified atom stereocenters. The summed E-state index contributed by atoms with van der Waals surface area (Å²) >= 11 is 0. The summed E-state index contributed by atoms with van der Waals surface area (Å²) < 4.78 is 4.84. The summed E-state index contributed by atoms with van der Waals surface area (Å²) in [5, 5.41) is 9.15. The number of benzene rings is 1. The van der Waals surface area contributed by atoms with Crippen molar-refractivity contribution in [3.8, 4) is 11.5 Å². The summed E-state index contributed by atoms with van der Waals surface area (Å²) in [6.07, 6.45) is 0. The third-order valence-electron chi connectivity index (χ3n) is 1.31. The summed E-state index contributed by atoms with van der Waals surface area (Å²) in [6.45, 7) is 1.87. The molecule has 0 radical (unpaired) electrons. The average Bonchev–Trinajstić information content (AvgIpc) is 1.88. The minimum absolute atomic E-state index is 0.176. The Balaban J connectivity index is 3.17. The van der Waals surface area contributed by atoms with Crippen LogP contribution in [0.4, 0.5) is 0 Å². The Labute approximate surface area is 62.1 Å². The fourth-order valence-corrected chi connectivity index (χ4v) is 1.10. The molecule has 0 saturated carbocycles. The third kappa shape index (κ3) is 1.22. The Morgan fingerprint density at radius 3 is 2.60 bits per heavy atom. The molecule has 0 saturated heterocycles. The van der Waals surface area contributed by atoms with Crippen LogP contribution in [0.3, 0.4) is 0 Å². The molecule has 0 amide bonds. The van der Waals surface area contributed by atoms with Crippen LogP contribution in [0.25, 0.3) is 0 Å². The van der Waals surface area contributed by atoms with Gasteiger partial charge in [0.05, 0.1) is 9.47 Å². The number of aromatic hydroxyl groups is 1. The minimum Gasteiger partial charge on any atom is -0.504 e. The maximum Gasteiger partial charge on any atom is 0.167 e. The van der Waals surface area contributed by atoms with Gasteiger partial charge < -0.3 is 9.63 Å². The summed E-state index contributed by atoms with van der Waals surface area (Å²) in [4.78, 5) is 0. The van der Waals surface area contributed by atoms with Crippen LogP contribution in [-0.2, 0) is 0 Å². The lowest BCUT2D eigenvalue weighted by Gasteiger charge is -2.04. The van der Waals surface area contributed by atoms with E-state index in [0.29, 0.717) is 5.75 Å². The molecule has 54 valence electrons. The molecule has 0 aliphatic heterocycles. The lowest BCUT2D eigenvalue weighted by molar-refractivity contribution is 0.449. The summed E-state index contributed by atoms with van der Waals surface area (Å²) in [6, 6.07) is 5.24. The standard InChI is InChI=1S/C7H9O2P/c1-5-3-2-4-6(8)7(5)9-10/h2-4,8H,10H2,1H3. The van der Waals surface area contributed by atoms with E-state index in [1.54, 1.807) is 12.1 Å². The largest absolute Gasteiger partial charge is 0.504 e. The fraction of sp³-hybridized carbons (Fsp3) is 0.143. The number of rotatable bonds is 1. The van der Waals surface area contributed by atoms with Crippen molar-refractivity contribution in [1.29, 1.82) is 0 Å². The lowest BCUT2D eigenvalue weighted by Crippen LogP contribution is -1.79. The quantitative estimate of drug-likeness (QED) is 0.629. The highest BCUT2D eigenvalue weighted by Gasteiger charge is 2.01. The van der Waals surface area contributed by atoms with Gasteiger partial charge in [0.15, 0.2) is 11.5 Å². The summed E-state index contributed by atoms with van der Waals surface area (Å²) in [5.41, 5.74) is 0.926. The first-order valence-electron chi connectivity index (χ1n) is 2.91. The Hall–Kier alpha value is -0.750. The molecule has 0 bridgehead atoms. The third-order valence-corrected chi connectivity index (χ3v) is 1.54. The van der Waals surface area contributed by atoms with Crippen molar-refractivity contribution < 1.29 is 9.63 Å². The molecule has 0 fully saturated rings. The molecule has 0 aromatic heterocycles. The number of phenols is 1. The number of para-hydroxylation sites is 1. The van der Waals surface area contributed by atoms with E-state index in [-0.39, 0.29) is 5.75 Å². The second kappa shape index (κ2) is 2.89. The Morgan fingerprint density at radius 1 is 1.50 bits per heavy atom. The van der Waals surface area contributed by atoms with E-state index in [1.807, 2.05) is 13.0 Å². The van der Waals surface area contributed by atoms with Crippen LogP contribution in [-0.4, -0.2) is 5.11 Å². The van der Waals surface area contributed by atoms with E-state index in [9.17, 15) is 0 Å². The van der Waals surface area contributed by atoms with Crippen LogP contribution < -0.4 is 4.52 Å². The first-order chi connectivity index (χ1) is 4.75. The van der Waals surface area contributed by atoms with Crippen LogP contribution in [0.2, 0.25) is 0 Å². The zero-order valence-corrected chi connectivity index (χ0v) is 6.82. The van der Waals surface area contributed by atoms with Crippen molar-refractivity contribution >= 4 is 9.47 Å². The maximum absolute atomic E-state index is 9.15. The van der Waals surface area contributed by atoms with Gasteiger partial charge in [-0.25, -0.2) is 0 Å². The minimum atomic E-state index is 0.176. The normalized spacial score (nSPS) is 9.40. The van der Waals surface area contributed by atoms with E-state index in [4.69, 9.17) is 9.63 Å². The molecule has 1 aromatic rings. The second-order valence-corrected chi connectivity index (χ2v) is 2.28. The van der Waals surface area contributed by atoms with Gasteiger partial charge in [-0.05, 0) is 18.6 Å². The number of hydrogen-bond donors (Lipinski definition) is 1. The van der Waals surface area contributed by atoms with Crippen molar-refractivity contribution in [2.24, 2.45) is 0 Å². The van der Waals surface area contributed by atoms with E-state index >= 15 is 0 Å². The molecule has 0 aliphatic carbocycles. The first kappa shape index (κ1) is 7.36. The van der Waals surface area contributed by atoms with Gasteiger partial charge >= 0.3 is 0 Å². The molecule has 1 N–H and O–H groups in total. The smallest absolute Gasteiger partial charge is 0.167 e. The van der Waals surface area contributed by atoms with Gasteiger partial charge in [-0.2, -0.15) is 0 Å². The van der Waals surface area contributed by atoms with Crippen molar-refractivity contribution in [3.05, 3.63) is 23.8 Å². The van der Waals surface area contributed by atoms with Crippen LogP contribution in [0.5, 0.6) is 11.5 Å². The van der Waals surface area contributed by atoms with Crippen LogP contribution in [0, 0.1) is 6.92 Å². The van der Waals surface area contributed by atoms with E-state index in [1.165, 1.54) is 0 Å². The van der Waals surface area contributed by atoms with Gasteiger partial charge in [-0.15, -0.1) is 0 Å². The van der Waals surface area contributed by atoms with Crippen LogP contribution >= 0.6 is 9.47 Å². The number of phenolic OH excluding ortho intramolecular Hbond substituents is 1. The molecule has 10 heavy (non-hydrogen) atoms. The Morgan fingerprint density at radius 2 is 2.20 bits per heavy atom. The van der Waals surface area contributed by atoms with Gasteiger partial charge in [-0.1, -0.05) is 12.1 Å². The molecular formula is C7H9O2P. The van der Waals surface area contributed by atoms with E-state index in [2.05, 4.69) is 9.47 Å². The zero-order valence-electron chi connectivity index (χ0n) is 5.66. The van der Waals surface area contributed by atoms with E-state index < -0.39 is 0 Å². The van der Waals surface area contributed by atoms with Gasteiger partial charge in [0.1, 0.15) is 0 Å². The molecule has 2 nitrogen and oxygen atoms in total. The van der Waals surface area contributed by atoms with Crippen molar-refractivity contribution in [2.75, 3.05) is 0 Å². The van der Waals surface area contributed by atoms with Crippen LogP contribution in [0.1, 0.15) is 5.56 Å². The molecule has 1 rings (SSSR count). The summed E-state index contributed by atoms with van der Waals surface area (Å²) in [7, 11) is 2.10. The van der Waals surface area contributed by atoms with E-state index in [0.717, 1.165) is 5.56 Å². The SMILES string of the molecule is Cc1cccc(O)c1OP. The first-order valence-corrected chi connectivity index (χ1v) is 3.38. The highest BCUT2D eigenvalue weighted by Crippen LogP contribution is 2.30. The van der Waals surface area contributed by atoms with Crippen LogP contribution in [0.15, 0.2) is 18.2 Å². The molecule has 3 heteroatoms. The monoisotopic (exact) mass is 156 g/mol. The van der Waals surface area contributed by atoms with Gasteiger partial charge in [0.25, 0.3) is 0 Å². The molecule has 0 heterocycles. The Bertz CT molecular complexity index is 215. The molecule has 1 atom stereocenters. The predicted octanol–water partition coefficient (Wildman–Crippen LogP) is 1.87. The summed E-state index contributed by atoms with van der Waals surface area (Å²) in [5.74, 6) is 0.697. The lowest BCUT2D eigenvalue weighted by atomic mass is 10.2. The molecular weight excluding hydrogens is 147 g/mol. The van der Waals surface area contributed by atoms with Crippen molar-refractivity contribution in [1.82, 2.24) is 0 Å². The highest BCUT2D eigenvalue weighted by atomic mass is 31.0. The molecule has 0 spiro atoms. The van der Waals surface area contributed by atoms with Crippen molar-refractivity contribution in [3.63, 3.8) is 0 Å². The average molecular weight is 156 g/mol. The van der Waals surface area contributed by atoms with Gasteiger partial charge in [-0.3, -0.25) is 0 Å². The van der Waals surface area contributed by atoms with Gasteiger partial charge in [0.2, 0.25) is 0 Å². The fourth-order valence-electron chi connectivity index (χ4n) is 0.790. The molecule has 1 aromatic carbocycles. The Kier molecular flexibility index (Phi) is 2.13. The number of hydrogen-bond acceptors (Lipinski definition) is 2. The van der Waals surface area contributed by atoms with Gasteiger partial charge in [0, 0.05) is 0 Å². The predicted molar refractivity (Wildman–Crippen MR) is 43.2 cm³/mol. The molecule has 0 aliphatic rings.